The van der Waals surface area contributed by atoms with Gasteiger partial charge in [0.15, 0.2) is 0 Å². The summed E-state index contributed by atoms with van der Waals surface area (Å²) in [7, 11) is -0.618. The molecule has 1 aromatic carbocycles. The summed E-state index contributed by atoms with van der Waals surface area (Å²) in [6.45, 7) is 0.608. The van der Waals surface area contributed by atoms with Crippen LogP contribution < -0.4 is 10.5 Å². The second kappa shape index (κ2) is 6.57. The number of ether oxygens (including phenoxy) is 1. The van der Waals surface area contributed by atoms with Gasteiger partial charge in [0.25, 0.3) is 0 Å². The first-order chi connectivity index (χ1) is 9.98. The zero-order valence-corrected chi connectivity index (χ0v) is 13.6. The quantitative estimate of drug-likeness (QED) is 0.881. The normalized spacial score (nSPS) is 11.8. The fourth-order valence-electron chi connectivity index (χ4n) is 1.92. The van der Waals surface area contributed by atoms with Crippen LogP contribution in [0.3, 0.4) is 0 Å². The molecule has 1 heterocycles. The number of methoxy groups -OCH3 is 1. The number of benzene rings is 1. The second-order valence-electron chi connectivity index (χ2n) is 4.53. The Balaban J connectivity index is 2.38. The van der Waals surface area contributed by atoms with Crippen LogP contribution in [0.1, 0.15) is 10.4 Å². The van der Waals surface area contributed by atoms with Gasteiger partial charge in [-0.2, -0.15) is 4.31 Å². The Bertz CT molecular complexity index is 697. The number of hydrogen-bond donors (Lipinski definition) is 1. The smallest absolute Gasteiger partial charge is 0.246 e. The first kappa shape index (κ1) is 16.0. The molecule has 2 rings (SSSR count). The Kier molecular flexibility index (Phi) is 5.00. The number of thiophene rings is 1. The number of rotatable bonds is 6. The van der Waals surface area contributed by atoms with Gasteiger partial charge < -0.3 is 10.5 Å². The molecule has 0 amide bonds. The van der Waals surface area contributed by atoms with Crippen molar-refractivity contribution in [2.24, 2.45) is 5.73 Å². The summed E-state index contributed by atoms with van der Waals surface area (Å²) in [5.41, 5.74) is 6.34. The molecule has 7 heteroatoms. The molecule has 2 aromatic rings. The van der Waals surface area contributed by atoms with Crippen LogP contribution in [0.5, 0.6) is 5.75 Å². The fraction of sp³-hybridized carbons (Fsp3) is 0.286. The Morgan fingerprint density at radius 1 is 1.33 bits per heavy atom. The van der Waals surface area contributed by atoms with Crippen molar-refractivity contribution >= 4 is 21.4 Å². The molecule has 0 aliphatic carbocycles. The van der Waals surface area contributed by atoms with E-state index < -0.39 is 10.0 Å². The Labute approximate surface area is 129 Å². The lowest BCUT2D eigenvalue weighted by atomic mass is 10.2. The third-order valence-electron chi connectivity index (χ3n) is 3.11. The van der Waals surface area contributed by atoms with Crippen LogP contribution in [0, 0.1) is 0 Å². The van der Waals surface area contributed by atoms with Gasteiger partial charge in [-0.25, -0.2) is 8.42 Å². The van der Waals surface area contributed by atoms with Gasteiger partial charge in [0, 0.05) is 25.0 Å². The van der Waals surface area contributed by atoms with E-state index >= 15 is 0 Å². The molecule has 0 saturated heterocycles. The largest absolute Gasteiger partial charge is 0.495 e. The van der Waals surface area contributed by atoms with E-state index in [4.69, 9.17) is 10.5 Å². The van der Waals surface area contributed by atoms with E-state index in [1.54, 1.807) is 25.2 Å². The summed E-state index contributed by atoms with van der Waals surface area (Å²) in [4.78, 5) is 1.13. The standard InChI is InChI=1S/C14H18N2O3S2/c1-16(10-12-4-3-7-20-12)21(17,18)14-8-11(9-15)5-6-13(14)19-2/h3-8H,9-10,15H2,1-2H3. The highest BCUT2D eigenvalue weighted by molar-refractivity contribution is 7.89. The monoisotopic (exact) mass is 326 g/mol. The molecule has 0 spiro atoms. The van der Waals surface area contributed by atoms with Crippen molar-refractivity contribution in [3.05, 3.63) is 46.2 Å². The SMILES string of the molecule is COc1ccc(CN)cc1S(=O)(=O)N(C)Cc1cccs1. The van der Waals surface area contributed by atoms with Crippen LogP contribution in [0.2, 0.25) is 0 Å². The molecular weight excluding hydrogens is 308 g/mol. The van der Waals surface area contributed by atoms with Crippen molar-refractivity contribution in [2.75, 3.05) is 14.2 Å². The fourth-order valence-corrected chi connectivity index (χ4v) is 4.11. The molecule has 21 heavy (non-hydrogen) atoms. The van der Waals surface area contributed by atoms with Crippen LogP contribution in [0.15, 0.2) is 40.6 Å². The van der Waals surface area contributed by atoms with Crippen LogP contribution in [-0.4, -0.2) is 26.9 Å². The molecule has 1 aromatic heterocycles. The molecule has 114 valence electrons. The average Bonchev–Trinajstić information content (AvgIpc) is 2.99. The van der Waals surface area contributed by atoms with Crippen LogP contribution in [-0.2, 0) is 23.1 Å². The van der Waals surface area contributed by atoms with Crippen LogP contribution in [0.4, 0.5) is 0 Å². The van der Waals surface area contributed by atoms with E-state index in [2.05, 4.69) is 0 Å². The molecule has 0 atom stereocenters. The Hall–Kier alpha value is -1.41. The highest BCUT2D eigenvalue weighted by Crippen LogP contribution is 2.28. The van der Waals surface area contributed by atoms with Gasteiger partial charge in [0.05, 0.1) is 7.11 Å². The van der Waals surface area contributed by atoms with Gasteiger partial charge >= 0.3 is 0 Å². The van der Waals surface area contributed by atoms with Crippen molar-refractivity contribution in [1.82, 2.24) is 4.31 Å². The van der Waals surface area contributed by atoms with E-state index in [9.17, 15) is 8.42 Å². The summed E-state index contributed by atoms with van der Waals surface area (Å²) < 4.78 is 31.9. The molecule has 0 unspecified atom stereocenters. The Morgan fingerprint density at radius 3 is 2.67 bits per heavy atom. The maximum Gasteiger partial charge on any atom is 0.246 e. The molecule has 2 N–H and O–H groups in total. The van der Waals surface area contributed by atoms with Crippen molar-refractivity contribution in [3.63, 3.8) is 0 Å². The average molecular weight is 326 g/mol. The molecular formula is C14H18N2O3S2. The maximum atomic E-state index is 12.7. The summed E-state index contributed by atoms with van der Waals surface area (Å²) in [5.74, 6) is 0.324. The molecule has 5 nitrogen and oxygen atoms in total. The van der Waals surface area contributed by atoms with Crippen molar-refractivity contribution in [3.8, 4) is 5.75 Å². The second-order valence-corrected chi connectivity index (χ2v) is 7.58. The van der Waals surface area contributed by atoms with Gasteiger partial charge in [-0.15, -0.1) is 11.3 Å². The van der Waals surface area contributed by atoms with E-state index in [0.717, 1.165) is 10.4 Å². The minimum atomic E-state index is -3.63. The molecule has 0 saturated carbocycles. The maximum absolute atomic E-state index is 12.7. The van der Waals surface area contributed by atoms with E-state index in [-0.39, 0.29) is 11.4 Å². The zero-order chi connectivity index (χ0) is 15.5. The summed E-state index contributed by atoms with van der Waals surface area (Å²) in [5, 5.41) is 1.92. The molecule has 0 bridgehead atoms. The van der Waals surface area contributed by atoms with Gasteiger partial charge in [-0.05, 0) is 29.1 Å². The number of hydrogen-bond acceptors (Lipinski definition) is 5. The lowest BCUT2D eigenvalue weighted by Gasteiger charge is -2.18. The highest BCUT2D eigenvalue weighted by atomic mass is 32.2. The van der Waals surface area contributed by atoms with Gasteiger partial charge in [-0.1, -0.05) is 12.1 Å². The van der Waals surface area contributed by atoms with Gasteiger partial charge in [0.2, 0.25) is 10.0 Å². The molecule has 0 aliphatic heterocycles. The molecule has 0 aliphatic rings. The van der Waals surface area contributed by atoms with E-state index in [1.807, 2.05) is 17.5 Å². The van der Waals surface area contributed by atoms with Crippen LogP contribution >= 0.6 is 11.3 Å². The summed E-state index contributed by atoms with van der Waals surface area (Å²) in [6.07, 6.45) is 0. The van der Waals surface area contributed by atoms with E-state index in [1.165, 1.54) is 22.8 Å². The zero-order valence-electron chi connectivity index (χ0n) is 11.9. The topological polar surface area (TPSA) is 72.6 Å². The highest BCUT2D eigenvalue weighted by Gasteiger charge is 2.25. The van der Waals surface area contributed by atoms with Crippen molar-refractivity contribution < 1.29 is 13.2 Å². The third-order valence-corrected chi connectivity index (χ3v) is 5.80. The number of nitrogens with zero attached hydrogens (tertiary/aromatic N) is 1. The molecule has 0 fully saturated rings. The first-order valence-electron chi connectivity index (χ1n) is 6.34. The molecule has 0 radical (unpaired) electrons. The Morgan fingerprint density at radius 2 is 2.10 bits per heavy atom. The van der Waals surface area contributed by atoms with E-state index in [0.29, 0.717) is 12.3 Å². The van der Waals surface area contributed by atoms with Gasteiger partial charge in [-0.3, -0.25) is 0 Å². The van der Waals surface area contributed by atoms with Gasteiger partial charge in [0.1, 0.15) is 10.6 Å². The van der Waals surface area contributed by atoms with Crippen molar-refractivity contribution in [2.45, 2.75) is 18.0 Å². The third kappa shape index (κ3) is 3.44. The number of sulfonamides is 1. The minimum absolute atomic E-state index is 0.145. The summed E-state index contributed by atoms with van der Waals surface area (Å²) >= 11 is 1.52. The van der Waals surface area contributed by atoms with Crippen molar-refractivity contribution in [1.29, 1.82) is 0 Å². The minimum Gasteiger partial charge on any atom is -0.495 e. The number of nitrogens with two attached hydrogens (primary N) is 1. The lowest BCUT2D eigenvalue weighted by Crippen LogP contribution is -2.26. The predicted octanol–water partition coefficient (Wildman–Crippen LogP) is 2.04. The predicted molar refractivity (Wildman–Crippen MR) is 83.9 cm³/mol. The van der Waals surface area contributed by atoms with Crippen LogP contribution in [0.25, 0.3) is 0 Å². The summed E-state index contributed by atoms with van der Waals surface area (Å²) in [6, 6.07) is 8.77. The first-order valence-corrected chi connectivity index (χ1v) is 8.66. The lowest BCUT2D eigenvalue weighted by molar-refractivity contribution is 0.397.